The first-order chi connectivity index (χ1) is 9.83. The summed E-state index contributed by atoms with van der Waals surface area (Å²) in [5.74, 6) is 0.112. The first-order valence-corrected chi connectivity index (χ1v) is 7.47. The molecule has 0 saturated carbocycles. The van der Waals surface area contributed by atoms with Crippen molar-refractivity contribution in [3.8, 4) is 11.6 Å². The van der Waals surface area contributed by atoms with E-state index in [2.05, 4.69) is 47.0 Å². The van der Waals surface area contributed by atoms with Crippen molar-refractivity contribution in [3.63, 3.8) is 0 Å². The second-order valence-electron chi connectivity index (χ2n) is 5.75. The summed E-state index contributed by atoms with van der Waals surface area (Å²) in [6, 6.07) is 10.1. The van der Waals surface area contributed by atoms with Crippen LogP contribution in [-0.4, -0.2) is 10.5 Å². The van der Waals surface area contributed by atoms with Crippen LogP contribution in [0.1, 0.15) is 26.5 Å². The smallest absolute Gasteiger partial charge is 0.219 e. The Kier molecular flexibility index (Phi) is 4.96. The average Bonchev–Trinajstić information content (AvgIpc) is 2.39. The summed E-state index contributed by atoms with van der Waals surface area (Å²) >= 11 is 3.21. The van der Waals surface area contributed by atoms with E-state index in [1.165, 1.54) is 6.07 Å². The zero-order chi connectivity index (χ0) is 15.5. The Morgan fingerprint density at radius 1 is 1.24 bits per heavy atom. The van der Waals surface area contributed by atoms with Crippen LogP contribution in [0.2, 0.25) is 0 Å². The number of hydrogen-bond acceptors (Lipinski definition) is 3. The molecular weight excluding hydrogens is 335 g/mol. The van der Waals surface area contributed by atoms with Gasteiger partial charge in [-0.15, -0.1) is 0 Å². The van der Waals surface area contributed by atoms with E-state index in [1.807, 2.05) is 12.1 Å². The Hall–Kier alpha value is -1.46. The van der Waals surface area contributed by atoms with E-state index in [1.54, 1.807) is 18.2 Å². The molecule has 1 heterocycles. The largest absolute Gasteiger partial charge is 0.436 e. The molecule has 1 aromatic carbocycles. The lowest BCUT2D eigenvalue weighted by Crippen LogP contribution is -2.35. The fourth-order valence-electron chi connectivity index (χ4n) is 1.64. The highest BCUT2D eigenvalue weighted by atomic mass is 79.9. The van der Waals surface area contributed by atoms with Gasteiger partial charge in [-0.2, -0.15) is 0 Å². The third-order valence-corrected chi connectivity index (χ3v) is 3.18. The zero-order valence-electron chi connectivity index (χ0n) is 12.3. The number of pyridine rings is 1. The molecule has 1 aromatic heterocycles. The molecule has 21 heavy (non-hydrogen) atoms. The molecular formula is C16H18BrFN2O. The summed E-state index contributed by atoms with van der Waals surface area (Å²) in [7, 11) is 0. The fourth-order valence-corrected chi connectivity index (χ4v) is 1.97. The Balaban J connectivity index is 2.10. The number of benzene rings is 1. The summed E-state index contributed by atoms with van der Waals surface area (Å²) < 4.78 is 19.9. The molecule has 0 fully saturated rings. The predicted octanol–water partition coefficient (Wildman–Crippen LogP) is 4.66. The molecule has 5 heteroatoms. The minimum absolute atomic E-state index is 0.0103. The lowest BCUT2D eigenvalue weighted by molar-refractivity contribution is 0.409. The van der Waals surface area contributed by atoms with Gasteiger partial charge in [-0.25, -0.2) is 9.37 Å². The number of ether oxygens (including phenoxy) is 1. The van der Waals surface area contributed by atoms with E-state index in [0.717, 1.165) is 5.69 Å². The highest BCUT2D eigenvalue weighted by molar-refractivity contribution is 9.10. The second kappa shape index (κ2) is 6.54. The van der Waals surface area contributed by atoms with Gasteiger partial charge in [-0.3, -0.25) is 0 Å². The van der Waals surface area contributed by atoms with Crippen LogP contribution in [0.25, 0.3) is 0 Å². The van der Waals surface area contributed by atoms with Crippen molar-refractivity contribution in [3.05, 3.63) is 52.4 Å². The quantitative estimate of drug-likeness (QED) is 0.868. The van der Waals surface area contributed by atoms with Gasteiger partial charge in [0, 0.05) is 22.6 Å². The Bertz CT molecular complexity index is 626. The molecule has 0 aliphatic heterocycles. The molecule has 0 amide bonds. The van der Waals surface area contributed by atoms with Gasteiger partial charge in [0.1, 0.15) is 0 Å². The molecule has 3 nitrogen and oxygen atoms in total. The molecule has 0 saturated heterocycles. The van der Waals surface area contributed by atoms with Gasteiger partial charge in [-0.1, -0.05) is 22.0 Å². The molecule has 0 aliphatic rings. The van der Waals surface area contributed by atoms with E-state index < -0.39 is 5.82 Å². The van der Waals surface area contributed by atoms with Gasteiger partial charge in [-0.05, 0) is 45.0 Å². The minimum Gasteiger partial charge on any atom is -0.436 e. The van der Waals surface area contributed by atoms with Crippen LogP contribution in [0, 0.1) is 5.82 Å². The second-order valence-corrected chi connectivity index (χ2v) is 6.66. The normalized spacial score (nSPS) is 11.5. The lowest BCUT2D eigenvalue weighted by Gasteiger charge is -2.20. The summed E-state index contributed by atoms with van der Waals surface area (Å²) in [5.41, 5.74) is 0.857. The average molecular weight is 353 g/mol. The SMILES string of the molecule is CC(C)(C)NCc1cccc(Oc2ccc(Br)cc2F)n1. The van der Waals surface area contributed by atoms with E-state index >= 15 is 0 Å². The molecule has 0 bridgehead atoms. The van der Waals surface area contributed by atoms with Crippen LogP contribution in [0.5, 0.6) is 11.6 Å². The maximum absolute atomic E-state index is 13.7. The van der Waals surface area contributed by atoms with Crippen LogP contribution in [-0.2, 0) is 6.54 Å². The molecule has 0 spiro atoms. The van der Waals surface area contributed by atoms with E-state index in [0.29, 0.717) is 16.9 Å². The third kappa shape index (κ3) is 5.10. The molecule has 2 aromatic rings. The van der Waals surface area contributed by atoms with Crippen molar-refractivity contribution >= 4 is 15.9 Å². The lowest BCUT2D eigenvalue weighted by atomic mass is 10.1. The predicted molar refractivity (Wildman–Crippen MR) is 85.0 cm³/mol. The van der Waals surface area contributed by atoms with Crippen molar-refractivity contribution in [2.75, 3.05) is 0 Å². The number of nitrogens with zero attached hydrogens (tertiary/aromatic N) is 1. The zero-order valence-corrected chi connectivity index (χ0v) is 13.9. The monoisotopic (exact) mass is 352 g/mol. The van der Waals surface area contributed by atoms with Crippen LogP contribution in [0.3, 0.4) is 0 Å². The van der Waals surface area contributed by atoms with Crippen molar-refractivity contribution in [2.24, 2.45) is 0 Å². The van der Waals surface area contributed by atoms with E-state index in [-0.39, 0.29) is 11.3 Å². The molecule has 0 unspecified atom stereocenters. The number of aromatic nitrogens is 1. The number of halogens is 2. The molecule has 0 aliphatic carbocycles. The van der Waals surface area contributed by atoms with Crippen molar-refractivity contribution in [2.45, 2.75) is 32.9 Å². The third-order valence-electron chi connectivity index (χ3n) is 2.69. The van der Waals surface area contributed by atoms with Crippen LogP contribution >= 0.6 is 15.9 Å². The van der Waals surface area contributed by atoms with Gasteiger partial charge in [0.15, 0.2) is 11.6 Å². The molecule has 1 N–H and O–H groups in total. The number of nitrogens with one attached hydrogen (secondary N) is 1. The fraction of sp³-hybridized carbons (Fsp3) is 0.312. The van der Waals surface area contributed by atoms with Crippen molar-refractivity contribution in [1.29, 1.82) is 0 Å². The Morgan fingerprint density at radius 3 is 2.67 bits per heavy atom. The molecule has 112 valence electrons. The first kappa shape index (κ1) is 15.9. The number of hydrogen-bond donors (Lipinski definition) is 1. The topological polar surface area (TPSA) is 34.1 Å². The van der Waals surface area contributed by atoms with Gasteiger partial charge in [0.25, 0.3) is 0 Å². The van der Waals surface area contributed by atoms with E-state index in [9.17, 15) is 4.39 Å². The van der Waals surface area contributed by atoms with E-state index in [4.69, 9.17) is 4.74 Å². The van der Waals surface area contributed by atoms with Crippen LogP contribution in [0.4, 0.5) is 4.39 Å². The van der Waals surface area contributed by atoms with Crippen molar-refractivity contribution in [1.82, 2.24) is 10.3 Å². The maximum Gasteiger partial charge on any atom is 0.219 e. The summed E-state index contributed by atoms with van der Waals surface area (Å²) in [4.78, 5) is 4.37. The Labute approximate surface area is 132 Å². The first-order valence-electron chi connectivity index (χ1n) is 6.67. The summed E-state index contributed by atoms with van der Waals surface area (Å²) in [6.07, 6.45) is 0. The molecule has 0 radical (unpaired) electrons. The van der Waals surface area contributed by atoms with Crippen molar-refractivity contribution < 1.29 is 9.13 Å². The van der Waals surface area contributed by atoms with Gasteiger partial charge < -0.3 is 10.1 Å². The summed E-state index contributed by atoms with van der Waals surface area (Å²) in [6.45, 7) is 6.89. The van der Waals surface area contributed by atoms with Gasteiger partial charge in [0.05, 0.1) is 5.69 Å². The molecule has 0 atom stereocenters. The van der Waals surface area contributed by atoms with Gasteiger partial charge >= 0.3 is 0 Å². The summed E-state index contributed by atoms with van der Waals surface area (Å²) in [5, 5.41) is 3.35. The van der Waals surface area contributed by atoms with Gasteiger partial charge in [0.2, 0.25) is 5.88 Å². The Morgan fingerprint density at radius 2 is 2.00 bits per heavy atom. The standard InChI is InChI=1S/C16H18BrFN2O/c1-16(2,3)19-10-12-5-4-6-15(20-12)21-14-8-7-11(17)9-13(14)18/h4-9,19H,10H2,1-3H3. The van der Waals surface area contributed by atoms with Crippen LogP contribution in [0.15, 0.2) is 40.9 Å². The highest BCUT2D eigenvalue weighted by Gasteiger charge is 2.10. The minimum atomic E-state index is -0.426. The maximum atomic E-state index is 13.7. The molecule has 2 rings (SSSR count). The van der Waals surface area contributed by atoms with Crippen LogP contribution < -0.4 is 10.1 Å². The highest BCUT2D eigenvalue weighted by Crippen LogP contribution is 2.25. The number of rotatable bonds is 4.